The summed E-state index contributed by atoms with van der Waals surface area (Å²) in [5.74, 6) is -2.77. The Kier molecular flexibility index (Phi) is 3.41. The van der Waals surface area contributed by atoms with Crippen LogP contribution >= 0.6 is 0 Å². The van der Waals surface area contributed by atoms with Crippen molar-refractivity contribution < 1.29 is 24.2 Å². The van der Waals surface area contributed by atoms with Crippen molar-refractivity contribution in [3.8, 4) is 0 Å². The number of ketones is 1. The Balaban J connectivity index is 2.33. The van der Waals surface area contributed by atoms with Crippen molar-refractivity contribution in [2.45, 2.75) is 38.5 Å². The molecule has 2 bridgehead atoms. The van der Waals surface area contributed by atoms with Crippen molar-refractivity contribution in [3.63, 3.8) is 0 Å². The summed E-state index contributed by atoms with van der Waals surface area (Å²) in [5.41, 5.74) is -0.711. The topological polar surface area (TPSA) is 80.7 Å². The summed E-state index contributed by atoms with van der Waals surface area (Å²) in [5, 5.41) is 9.31. The van der Waals surface area contributed by atoms with Crippen LogP contribution in [-0.4, -0.2) is 29.9 Å². The van der Waals surface area contributed by atoms with Gasteiger partial charge in [-0.1, -0.05) is 6.42 Å². The second-order valence-corrected chi connectivity index (χ2v) is 5.54. The Hall–Kier alpha value is -1.39. The number of fused-ring (bicyclic) bond motifs is 2. The summed E-state index contributed by atoms with van der Waals surface area (Å²) in [6.45, 7) is 0. The molecule has 2 fully saturated rings. The molecule has 3 atom stereocenters. The highest BCUT2D eigenvalue weighted by Gasteiger charge is 2.53. The smallest absolute Gasteiger partial charge is 0.320 e. The van der Waals surface area contributed by atoms with Gasteiger partial charge in [0, 0.05) is 18.3 Å². The molecule has 3 unspecified atom stereocenters. The molecular weight excluding hydrogens is 236 g/mol. The van der Waals surface area contributed by atoms with Gasteiger partial charge in [0.1, 0.15) is 5.78 Å². The first kappa shape index (κ1) is 13.1. The number of hydrogen-bond donors (Lipinski definition) is 1. The van der Waals surface area contributed by atoms with Crippen LogP contribution in [0.1, 0.15) is 38.5 Å². The van der Waals surface area contributed by atoms with E-state index in [9.17, 15) is 19.5 Å². The lowest BCUT2D eigenvalue weighted by Crippen LogP contribution is -2.48. The maximum absolute atomic E-state index is 11.8. The number of carbonyl (C=O) groups excluding carboxylic acids is 2. The minimum atomic E-state index is -1.20. The third-order valence-corrected chi connectivity index (χ3v) is 4.34. The van der Waals surface area contributed by atoms with Crippen molar-refractivity contribution in [1.82, 2.24) is 0 Å². The Morgan fingerprint density at radius 3 is 2.83 bits per heavy atom. The molecule has 5 heteroatoms. The third kappa shape index (κ3) is 2.13. The van der Waals surface area contributed by atoms with E-state index < -0.39 is 23.3 Å². The molecule has 0 aromatic rings. The van der Waals surface area contributed by atoms with Gasteiger partial charge in [-0.25, -0.2) is 0 Å². The van der Waals surface area contributed by atoms with Gasteiger partial charge >= 0.3 is 11.9 Å². The summed E-state index contributed by atoms with van der Waals surface area (Å²) in [7, 11) is 1.19. The first-order valence-electron chi connectivity index (χ1n) is 6.31. The summed E-state index contributed by atoms with van der Waals surface area (Å²) >= 11 is 0. The number of rotatable bonds is 3. The van der Waals surface area contributed by atoms with Crippen molar-refractivity contribution in [2.75, 3.05) is 7.11 Å². The minimum absolute atomic E-state index is 0.0844. The van der Waals surface area contributed by atoms with Crippen LogP contribution in [0.25, 0.3) is 0 Å². The number of esters is 1. The molecule has 0 heterocycles. The first-order chi connectivity index (χ1) is 8.48. The minimum Gasteiger partial charge on any atom is -0.481 e. The van der Waals surface area contributed by atoms with Crippen molar-refractivity contribution in [3.05, 3.63) is 0 Å². The number of carbonyl (C=O) groups is 3. The Morgan fingerprint density at radius 2 is 2.22 bits per heavy atom. The van der Waals surface area contributed by atoms with Crippen molar-refractivity contribution in [2.24, 2.45) is 17.3 Å². The normalized spacial score (nSPS) is 32.7. The van der Waals surface area contributed by atoms with E-state index in [4.69, 9.17) is 0 Å². The lowest BCUT2D eigenvalue weighted by atomic mass is 9.56. The number of ether oxygens (including phenoxy) is 1. The summed E-state index contributed by atoms with van der Waals surface area (Å²) in [4.78, 5) is 34.9. The zero-order valence-corrected chi connectivity index (χ0v) is 10.5. The lowest BCUT2D eigenvalue weighted by Gasteiger charge is -2.46. The molecular formula is C13H18O5. The summed E-state index contributed by atoms with van der Waals surface area (Å²) in [6.07, 6.45) is 3.87. The maximum Gasteiger partial charge on any atom is 0.320 e. The number of carboxylic acid groups (broad SMARTS) is 1. The molecule has 2 aliphatic rings. The van der Waals surface area contributed by atoms with E-state index in [-0.39, 0.29) is 18.1 Å². The molecule has 1 N–H and O–H groups in total. The van der Waals surface area contributed by atoms with Crippen LogP contribution in [0.4, 0.5) is 0 Å². The SMILES string of the molecule is COC(=O)C(C(=O)O)C12CCCC(CC(=O)C1)C2. The second kappa shape index (κ2) is 4.71. The Bertz CT molecular complexity index is 389. The summed E-state index contributed by atoms with van der Waals surface area (Å²) in [6, 6.07) is 0. The van der Waals surface area contributed by atoms with Gasteiger partial charge in [-0.15, -0.1) is 0 Å². The standard InChI is InChI=1S/C13H18O5/c1-18-12(17)10(11(15)16)13-4-2-3-8(6-13)5-9(14)7-13/h8,10H,2-7H2,1H3,(H,15,16). The number of hydrogen-bond acceptors (Lipinski definition) is 4. The monoisotopic (exact) mass is 254 g/mol. The first-order valence-corrected chi connectivity index (χ1v) is 6.31. The number of Topliss-reactive ketones (excluding diaryl/α,β-unsaturated/α-hetero) is 1. The molecule has 2 aliphatic carbocycles. The van der Waals surface area contributed by atoms with Crippen LogP contribution in [0.2, 0.25) is 0 Å². The van der Waals surface area contributed by atoms with Gasteiger partial charge in [0.2, 0.25) is 0 Å². The fourth-order valence-corrected chi connectivity index (χ4v) is 3.74. The van der Waals surface area contributed by atoms with Crippen molar-refractivity contribution >= 4 is 17.7 Å². The Morgan fingerprint density at radius 1 is 1.50 bits per heavy atom. The van der Waals surface area contributed by atoms with Crippen LogP contribution in [0, 0.1) is 17.3 Å². The van der Waals surface area contributed by atoms with E-state index in [1.54, 1.807) is 0 Å². The average molecular weight is 254 g/mol. The predicted octanol–water partition coefficient (Wildman–Crippen LogP) is 1.40. The molecule has 2 rings (SSSR count). The molecule has 5 nitrogen and oxygen atoms in total. The van der Waals surface area contributed by atoms with Gasteiger partial charge in [-0.3, -0.25) is 14.4 Å². The average Bonchev–Trinajstić information content (AvgIpc) is 2.27. The molecule has 0 spiro atoms. The molecule has 0 aromatic carbocycles. The highest BCUT2D eigenvalue weighted by Crippen LogP contribution is 2.52. The van der Waals surface area contributed by atoms with Crippen LogP contribution < -0.4 is 0 Å². The van der Waals surface area contributed by atoms with E-state index in [2.05, 4.69) is 4.74 Å². The second-order valence-electron chi connectivity index (χ2n) is 5.54. The zero-order chi connectivity index (χ0) is 13.3. The molecule has 0 aliphatic heterocycles. The predicted molar refractivity (Wildman–Crippen MR) is 61.8 cm³/mol. The highest BCUT2D eigenvalue weighted by atomic mass is 16.5. The molecule has 2 saturated carbocycles. The van der Waals surface area contributed by atoms with Crippen LogP contribution in [0.5, 0.6) is 0 Å². The van der Waals surface area contributed by atoms with E-state index in [1.165, 1.54) is 7.11 Å². The van der Waals surface area contributed by atoms with Gasteiger partial charge in [-0.2, -0.15) is 0 Å². The number of methoxy groups -OCH3 is 1. The zero-order valence-electron chi connectivity index (χ0n) is 10.5. The summed E-state index contributed by atoms with van der Waals surface area (Å²) < 4.78 is 4.62. The molecule has 18 heavy (non-hydrogen) atoms. The molecule has 0 amide bonds. The molecule has 100 valence electrons. The molecule has 0 aromatic heterocycles. The third-order valence-electron chi connectivity index (χ3n) is 4.34. The van der Waals surface area contributed by atoms with Gasteiger partial charge in [0.15, 0.2) is 5.92 Å². The van der Waals surface area contributed by atoms with Crippen LogP contribution in [0.15, 0.2) is 0 Å². The highest BCUT2D eigenvalue weighted by molar-refractivity contribution is 5.96. The van der Waals surface area contributed by atoms with Gasteiger partial charge in [0.25, 0.3) is 0 Å². The van der Waals surface area contributed by atoms with Gasteiger partial charge in [0.05, 0.1) is 7.11 Å². The van der Waals surface area contributed by atoms with Crippen molar-refractivity contribution in [1.29, 1.82) is 0 Å². The largest absolute Gasteiger partial charge is 0.481 e. The van der Waals surface area contributed by atoms with Gasteiger partial charge in [-0.05, 0) is 25.2 Å². The van der Waals surface area contributed by atoms with E-state index in [0.717, 1.165) is 12.8 Å². The fourth-order valence-electron chi connectivity index (χ4n) is 3.74. The van der Waals surface area contributed by atoms with Crippen LogP contribution in [-0.2, 0) is 19.1 Å². The lowest BCUT2D eigenvalue weighted by molar-refractivity contribution is -0.168. The molecule has 0 saturated heterocycles. The quantitative estimate of drug-likeness (QED) is 0.608. The van der Waals surface area contributed by atoms with E-state index in [0.29, 0.717) is 19.3 Å². The van der Waals surface area contributed by atoms with E-state index >= 15 is 0 Å². The fraction of sp³-hybridized carbons (Fsp3) is 0.769. The Labute approximate surface area is 105 Å². The number of carboxylic acids is 1. The number of aliphatic carboxylic acids is 1. The van der Waals surface area contributed by atoms with E-state index in [1.807, 2.05) is 0 Å². The molecule has 0 radical (unpaired) electrons. The van der Waals surface area contributed by atoms with Crippen LogP contribution in [0.3, 0.4) is 0 Å². The van der Waals surface area contributed by atoms with Gasteiger partial charge < -0.3 is 9.84 Å². The maximum atomic E-state index is 11.8.